The molecule has 0 aromatic carbocycles. The predicted octanol–water partition coefficient (Wildman–Crippen LogP) is 1.71. The maximum absolute atomic E-state index is 11.2. The first kappa shape index (κ1) is 11.1. The number of hydrogen-bond donors (Lipinski definition) is 1. The third kappa shape index (κ3) is 3.51. The number of aliphatic carboxylic acids is 1. The Hall–Kier alpha value is -0.860. The van der Waals surface area contributed by atoms with Gasteiger partial charge in [-0.2, -0.15) is 0 Å². The molecule has 1 N–H and O–H groups in total. The molecule has 0 saturated heterocycles. The highest BCUT2D eigenvalue weighted by Crippen LogP contribution is 2.11. The topological polar surface area (TPSA) is 54.4 Å². The second-order valence-corrected chi connectivity index (χ2v) is 3.22. The lowest BCUT2D eigenvalue weighted by Gasteiger charge is -2.09. The molecule has 2 atom stereocenters. The van der Waals surface area contributed by atoms with Crippen molar-refractivity contribution < 1.29 is 14.7 Å². The summed E-state index contributed by atoms with van der Waals surface area (Å²) in [5.41, 5.74) is 0. The van der Waals surface area contributed by atoms with Crippen LogP contribution in [0, 0.1) is 11.8 Å². The van der Waals surface area contributed by atoms with Crippen molar-refractivity contribution in [3.8, 4) is 0 Å². The van der Waals surface area contributed by atoms with E-state index in [0.29, 0.717) is 0 Å². The normalized spacial score (nSPS) is 15.2. The molecule has 0 amide bonds. The SMILES string of the molecule is CCC(C)C(=O)CC(C)C(=O)O. The summed E-state index contributed by atoms with van der Waals surface area (Å²) in [6, 6.07) is 0. The molecule has 12 heavy (non-hydrogen) atoms. The molecule has 0 fully saturated rings. The zero-order valence-corrected chi connectivity index (χ0v) is 7.83. The number of carbonyl (C=O) groups is 2. The van der Waals surface area contributed by atoms with Gasteiger partial charge in [0.25, 0.3) is 0 Å². The van der Waals surface area contributed by atoms with Crippen LogP contribution in [0.3, 0.4) is 0 Å². The lowest BCUT2D eigenvalue weighted by Crippen LogP contribution is -2.18. The molecule has 0 saturated carbocycles. The third-order valence-electron chi connectivity index (χ3n) is 2.09. The number of ketones is 1. The molecule has 2 unspecified atom stereocenters. The van der Waals surface area contributed by atoms with E-state index in [9.17, 15) is 9.59 Å². The van der Waals surface area contributed by atoms with E-state index in [1.54, 1.807) is 6.92 Å². The molecule has 0 rings (SSSR count). The van der Waals surface area contributed by atoms with Crippen LogP contribution < -0.4 is 0 Å². The highest BCUT2D eigenvalue weighted by atomic mass is 16.4. The smallest absolute Gasteiger partial charge is 0.306 e. The number of carbonyl (C=O) groups excluding carboxylic acids is 1. The van der Waals surface area contributed by atoms with E-state index in [-0.39, 0.29) is 18.1 Å². The Balaban J connectivity index is 3.92. The second-order valence-electron chi connectivity index (χ2n) is 3.22. The monoisotopic (exact) mass is 172 g/mol. The average Bonchev–Trinajstić information content (AvgIpc) is 2.02. The van der Waals surface area contributed by atoms with E-state index < -0.39 is 11.9 Å². The summed E-state index contributed by atoms with van der Waals surface area (Å²) in [7, 11) is 0. The van der Waals surface area contributed by atoms with Gasteiger partial charge in [-0.25, -0.2) is 0 Å². The van der Waals surface area contributed by atoms with Crippen LogP contribution in [0.5, 0.6) is 0 Å². The molecule has 0 aromatic rings. The number of carboxylic acids is 1. The maximum atomic E-state index is 11.2. The molecule has 0 aliphatic rings. The van der Waals surface area contributed by atoms with Gasteiger partial charge in [-0.3, -0.25) is 9.59 Å². The summed E-state index contributed by atoms with van der Waals surface area (Å²) in [6.45, 7) is 5.31. The van der Waals surface area contributed by atoms with E-state index in [0.717, 1.165) is 6.42 Å². The zero-order chi connectivity index (χ0) is 9.72. The molecule has 0 radical (unpaired) electrons. The molecular weight excluding hydrogens is 156 g/mol. The van der Waals surface area contributed by atoms with Gasteiger partial charge in [-0.1, -0.05) is 20.8 Å². The van der Waals surface area contributed by atoms with E-state index in [4.69, 9.17) is 5.11 Å². The molecule has 0 heterocycles. The number of hydrogen-bond acceptors (Lipinski definition) is 2. The summed E-state index contributed by atoms with van der Waals surface area (Å²) >= 11 is 0. The Kier molecular flexibility index (Phi) is 4.55. The van der Waals surface area contributed by atoms with Gasteiger partial charge in [-0.05, 0) is 6.42 Å². The lowest BCUT2D eigenvalue weighted by atomic mass is 9.95. The number of rotatable bonds is 5. The Bertz CT molecular complexity index is 175. The van der Waals surface area contributed by atoms with Crippen LogP contribution in [-0.2, 0) is 9.59 Å². The summed E-state index contributed by atoms with van der Waals surface area (Å²) in [5.74, 6) is -1.41. The van der Waals surface area contributed by atoms with Crippen LogP contribution >= 0.6 is 0 Å². The standard InChI is InChI=1S/C9H16O3/c1-4-6(2)8(10)5-7(3)9(11)12/h6-7H,4-5H2,1-3H3,(H,11,12). The molecule has 0 aromatic heterocycles. The van der Waals surface area contributed by atoms with Crippen molar-refractivity contribution in [1.82, 2.24) is 0 Å². The molecule has 0 spiro atoms. The van der Waals surface area contributed by atoms with Crippen molar-refractivity contribution in [2.75, 3.05) is 0 Å². The maximum Gasteiger partial charge on any atom is 0.306 e. The van der Waals surface area contributed by atoms with E-state index >= 15 is 0 Å². The van der Waals surface area contributed by atoms with Gasteiger partial charge in [0.05, 0.1) is 5.92 Å². The number of Topliss-reactive ketones (excluding diaryl/α,β-unsaturated/α-hetero) is 1. The van der Waals surface area contributed by atoms with Gasteiger partial charge >= 0.3 is 5.97 Å². The fraction of sp³-hybridized carbons (Fsp3) is 0.778. The highest BCUT2D eigenvalue weighted by Gasteiger charge is 2.18. The molecule has 0 aliphatic heterocycles. The van der Waals surface area contributed by atoms with Crippen LogP contribution in [-0.4, -0.2) is 16.9 Å². The quantitative estimate of drug-likeness (QED) is 0.686. The fourth-order valence-corrected chi connectivity index (χ4v) is 0.818. The van der Waals surface area contributed by atoms with Crippen LogP contribution in [0.1, 0.15) is 33.6 Å². The van der Waals surface area contributed by atoms with Gasteiger partial charge in [0.15, 0.2) is 0 Å². The van der Waals surface area contributed by atoms with Gasteiger partial charge in [-0.15, -0.1) is 0 Å². The minimum Gasteiger partial charge on any atom is -0.481 e. The minimum atomic E-state index is -0.897. The zero-order valence-electron chi connectivity index (χ0n) is 7.83. The largest absolute Gasteiger partial charge is 0.481 e. The van der Waals surface area contributed by atoms with Crippen molar-refractivity contribution in [2.24, 2.45) is 11.8 Å². The average molecular weight is 172 g/mol. The Morgan fingerprint density at radius 2 is 1.75 bits per heavy atom. The van der Waals surface area contributed by atoms with Crippen molar-refractivity contribution in [2.45, 2.75) is 33.6 Å². The van der Waals surface area contributed by atoms with Gasteiger partial charge in [0.2, 0.25) is 0 Å². The molecule has 3 nitrogen and oxygen atoms in total. The van der Waals surface area contributed by atoms with Crippen molar-refractivity contribution in [3.05, 3.63) is 0 Å². The van der Waals surface area contributed by atoms with Crippen molar-refractivity contribution in [1.29, 1.82) is 0 Å². The molecule has 70 valence electrons. The summed E-state index contributed by atoms with van der Waals surface area (Å²) in [4.78, 5) is 21.6. The first-order valence-corrected chi connectivity index (χ1v) is 4.24. The molecular formula is C9H16O3. The first-order valence-electron chi connectivity index (χ1n) is 4.24. The Morgan fingerprint density at radius 3 is 2.08 bits per heavy atom. The van der Waals surface area contributed by atoms with Gasteiger partial charge in [0, 0.05) is 12.3 Å². The predicted molar refractivity (Wildman–Crippen MR) is 45.9 cm³/mol. The molecule has 0 bridgehead atoms. The van der Waals surface area contributed by atoms with Crippen molar-refractivity contribution in [3.63, 3.8) is 0 Å². The van der Waals surface area contributed by atoms with E-state index in [1.807, 2.05) is 13.8 Å². The number of carboxylic acid groups (broad SMARTS) is 1. The van der Waals surface area contributed by atoms with Crippen LogP contribution in [0.15, 0.2) is 0 Å². The Morgan fingerprint density at radius 1 is 1.25 bits per heavy atom. The first-order chi connectivity index (χ1) is 5.49. The van der Waals surface area contributed by atoms with Crippen LogP contribution in [0.4, 0.5) is 0 Å². The van der Waals surface area contributed by atoms with Crippen molar-refractivity contribution >= 4 is 11.8 Å². The molecule has 0 aliphatic carbocycles. The third-order valence-corrected chi connectivity index (χ3v) is 2.09. The molecule has 3 heteroatoms. The minimum absolute atomic E-state index is 0.00759. The van der Waals surface area contributed by atoms with E-state index in [1.165, 1.54) is 0 Å². The van der Waals surface area contributed by atoms with Crippen LogP contribution in [0.25, 0.3) is 0 Å². The summed E-state index contributed by atoms with van der Waals surface area (Å²) < 4.78 is 0. The summed E-state index contributed by atoms with van der Waals surface area (Å²) in [6.07, 6.45) is 0.940. The lowest BCUT2D eigenvalue weighted by molar-refractivity contribution is -0.143. The van der Waals surface area contributed by atoms with Gasteiger partial charge < -0.3 is 5.11 Å². The van der Waals surface area contributed by atoms with Gasteiger partial charge in [0.1, 0.15) is 5.78 Å². The van der Waals surface area contributed by atoms with Crippen LogP contribution in [0.2, 0.25) is 0 Å². The van der Waals surface area contributed by atoms with E-state index in [2.05, 4.69) is 0 Å². The highest BCUT2D eigenvalue weighted by molar-refractivity contribution is 5.85. The Labute approximate surface area is 72.8 Å². The second kappa shape index (κ2) is 4.91. The fourth-order valence-electron chi connectivity index (χ4n) is 0.818. The summed E-state index contributed by atoms with van der Waals surface area (Å²) in [5, 5.41) is 8.53.